The fourth-order valence-electron chi connectivity index (χ4n) is 3.91. The van der Waals surface area contributed by atoms with Crippen LogP contribution in [0.4, 0.5) is 11.6 Å². The van der Waals surface area contributed by atoms with E-state index in [1.807, 2.05) is 30.3 Å². The molecule has 36 heavy (non-hydrogen) atoms. The largest absolute Gasteiger partial charge is 0.384 e. The first-order chi connectivity index (χ1) is 17.5. The molecule has 1 atom stereocenters. The zero-order valence-corrected chi connectivity index (χ0v) is 19.9. The molecular weight excluding hydrogens is 480 g/mol. The van der Waals surface area contributed by atoms with Crippen molar-refractivity contribution in [1.29, 1.82) is 0 Å². The molecule has 0 spiro atoms. The number of nitrogen functional groups attached to an aromatic ring is 1. The van der Waals surface area contributed by atoms with E-state index < -0.39 is 5.91 Å². The van der Waals surface area contributed by atoms with Gasteiger partial charge in [0.2, 0.25) is 0 Å². The molecule has 5 rings (SSSR count). The van der Waals surface area contributed by atoms with E-state index in [0.717, 1.165) is 6.42 Å². The molecule has 1 saturated heterocycles. The van der Waals surface area contributed by atoms with Crippen LogP contribution in [0.3, 0.4) is 0 Å². The Labute approximate surface area is 212 Å². The van der Waals surface area contributed by atoms with Crippen molar-refractivity contribution in [1.82, 2.24) is 20.1 Å². The Hall–Kier alpha value is -4.21. The summed E-state index contributed by atoms with van der Waals surface area (Å²) in [5.41, 5.74) is 8.21. The lowest BCUT2D eigenvalue weighted by molar-refractivity contribution is 0.0923. The van der Waals surface area contributed by atoms with Gasteiger partial charge in [0, 0.05) is 18.2 Å². The van der Waals surface area contributed by atoms with Crippen LogP contribution in [0.5, 0.6) is 0 Å². The number of nitrogens with two attached hydrogens (primary N) is 1. The van der Waals surface area contributed by atoms with Crippen molar-refractivity contribution in [3.05, 3.63) is 89.1 Å². The molecule has 0 aliphatic carbocycles. The van der Waals surface area contributed by atoms with E-state index in [2.05, 4.69) is 20.7 Å². The van der Waals surface area contributed by atoms with Crippen LogP contribution in [0, 0.1) is 0 Å². The number of nitrogens with zero attached hydrogens (tertiary/aromatic N) is 3. The number of rotatable bonds is 6. The molecule has 4 N–H and O–H groups in total. The van der Waals surface area contributed by atoms with E-state index in [9.17, 15) is 9.59 Å². The number of nitrogens with one attached hydrogen (secondary N) is 2. The summed E-state index contributed by atoms with van der Waals surface area (Å²) in [6.07, 6.45) is 0.742. The topological polar surface area (TPSA) is 124 Å². The number of carbonyl (C=O) groups is 2. The van der Waals surface area contributed by atoms with Crippen LogP contribution in [0.15, 0.2) is 72.8 Å². The smallest absolute Gasteiger partial charge is 0.272 e. The summed E-state index contributed by atoms with van der Waals surface area (Å²) < 4.78 is 6.84. The van der Waals surface area contributed by atoms with Gasteiger partial charge in [-0.05, 0) is 42.8 Å². The summed E-state index contributed by atoms with van der Waals surface area (Å²) in [6.45, 7) is 1.07. The Morgan fingerprint density at radius 2 is 1.86 bits per heavy atom. The van der Waals surface area contributed by atoms with Crippen molar-refractivity contribution in [3.63, 3.8) is 0 Å². The van der Waals surface area contributed by atoms with Crippen LogP contribution in [0.25, 0.3) is 16.9 Å². The van der Waals surface area contributed by atoms with Crippen molar-refractivity contribution < 1.29 is 14.3 Å². The maximum Gasteiger partial charge on any atom is 0.272 e. The lowest BCUT2D eigenvalue weighted by atomic mass is 10.1. The summed E-state index contributed by atoms with van der Waals surface area (Å²) in [4.78, 5) is 30.5. The van der Waals surface area contributed by atoms with E-state index in [-0.39, 0.29) is 28.2 Å². The normalized spacial score (nSPS) is 15.0. The second-order valence-electron chi connectivity index (χ2n) is 8.29. The Bertz CT molecular complexity index is 1420. The highest BCUT2D eigenvalue weighted by Gasteiger charge is 2.23. The molecular formula is C26H23ClN6O3. The van der Waals surface area contributed by atoms with Gasteiger partial charge in [-0.15, -0.1) is 0 Å². The van der Waals surface area contributed by atoms with Gasteiger partial charge < -0.3 is 21.1 Å². The average molecular weight is 503 g/mol. The predicted octanol–water partition coefficient (Wildman–Crippen LogP) is 3.94. The van der Waals surface area contributed by atoms with Gasteiger partial charge in [0.15, 0.2) is 5.69 Å². The van der Waals surface area contributed by atoms with Crippen LogP contribution in [0.2, 0.25) is 5.02 Å². The minimum absolute atomic E-state index is 0.0698. The van der Waals surface area contributed by atoms with Gasteiger partial charge in [-0.1, -0.05) is 41.9 Å². The molecule has 1 unspecified atom stereocenters. The van der Waals surface area contributed by atoms with Crippen molar-refractivity contribution in [3.8, 4) is 16.9 Å². The number of para-hydroxylation sites is 1. The van der Waals surface area contributed by atoms with Gasteiger partial charge in [-0.25, -0.2) is 9.67 Å². The molecule has 1 aliphatic heterocycles. The van der Waals surface area contributed by atoms with Crippen LogP contribution < -0.4 is 16.4 Å². The molecule has 0 radical (unpaired) electrons. The SMILES string of the molecule is Nc1cccc(-c2ccc(Cl)c(C(=O)Nc3cc(C(=O)NC4CCOC4)nn3-c3ccccc3)c2)n1. The number of benzene rings is 2. The minimum Gasteiger partial charge on any atom is -0.384 e. The summed E-state index contributed by atoms with van der Waals surface area (Å²) in [6, 6.07) is 21.0. The maximum absolute atomic E-state index is 13.3. The molecule has 0 saturated carbocycles. The third-order valence-corrected chi connectivity index (χ3v) is 6.06. The average Bonchev–Trinajstić information content (AvgIpc) is 3.55. The molecule has 10 heteroatoms. The first kappa shape index (κ1) is 23.5. The maximum atomic E-state index is 13.3. The van der Waals surface area contributed by atoms with Gasteiger partial charge >= 0.3 is 0 Å². The molecule has 4 aromatic rings. The van der Waals surface area contributed by atoms with Gasteiger partial charge in [-0.3, -0.25) is 9.59 Å². The van der Waals surface area contributed by atoms with Crippen molar-refractivity contribution in [2.24, 2.45) is 0 Å². The monoisotopic (exact) mass is 502 g/mol. The fourth-order valence-corrected chi connectivity index (χ4v) is 4.11. The second-order valence-corrected chi connectivity index (χ2v) is 8.70. The molecule has 3 heterocycles. The molecule has 2 aromatic carbocycles. The second kappa shape index (κ2) is 10.2. The number of amides is 2. The first-order valence-electron chi connectivity index (χ1n) is 11.4. The number of aromatic nitrogens is 3. The molecule has 182 valence electrons. The molecule has 9 nitrogen and oxygen atoms in total. The molecule has 1 aliphatic rings. The van der Waals surface area contributed by atoms with E-state index in [1.165, 1.54) is 10.7 Å². The first-order valence-corrected chi connectivity index (χ1v) is 11.7. The van der Waals surface area contributed by atoms with Crippen molar-refractivity contribution in [2.75, 3.05) is 24.3 Å². The molecule has 0 bridgehead atoms. The van der Waals surface area contributed by atoms with Gasteiger partial charge in [0.25, 0.3) is 11.8 Å². The number of hydrogen-bond donors (Lipinski definition) is 3. The molecule has 2 amide bonds. The summed E-state index contributed by atoms with van der Waals surface area (Å²) in [5, 5.41) is 10.5. The number of carbonyl (C=O) groups excluding carboxylic acids is 2. The van der Waals surface area contributed by atoms with Gasteiger partial charge in [-0.2, -0.15) is 5.10 Å². The predicted molar refractivity (Wildman–Crippen MR) is 137 cm³/mol. The zero-order valence-electron chi connectivity index (χ0n) is 19.1. The highest BCUT2D eigenvalue weighted by molar-refractivity contribution is 6.34. The highest BCUT2D eigenvalue weighted by Crippen LogP contribution is 2.26. The highest BCUT2D eigenvalue weighted by atomic mass is 35.5. The standard InChI is InChI=1S/C26H23ClN6O3/c27-20-10-9-16(21-7-4-8-23(28)30-21)13-19(20)25(34)31-24-14-22(26(35)29-17-11-12-36-15-17)32-33(24)18-5-2-1-3-6-18/h1-10,13-14,17H,11-12,15H2,(H2,28,30)(H,29,35)(H,31,34). The third-order valence-electron chi connectivity index (χ3n) is 5.73. The quantitative estimate of drug-likeness (QED) is 0.367. The number of ether oxygens (including phenoxy) is 1. The Balaban J connectivity index is 1.46. The lowest BCUT2D eigenvalue weighted by Gasteiger charge is -2.11. The van der Waals surface area contributed by atoms with E-state index in [0.29, 0.717) is 41.8 Å². The van der Waals surface area contributed by atoms with Crippen LogP contribution >= 0.6 is 11.6 Å². The Kier molecular flexibility index (Phi) is 6.66. The van der Waals surface area contributed by atoms with E-state index in [4.69, 9.17) is 22.1 Å². The van der Waals surface area contributed by atoms with Crippen molar-refractivity contribution in [2.45, 2.75) is 12.5 Å². The summed E-state index contributed by atoms with van der Waals surface area (Å²) in [5.74, 6) is -0.111. The number of hydrogen-bond acceptors (Lipinski definition) is 6. The van der Waals surface area contributed by atoms with Gasteiger partial charge in [0.05, 0.1) is 34.6 Å². The van der Waals surface area contributed by atoms with Crippen LogP contribution in [-0.4, -0.2) is 45.8 Å². The van der Waals surface area contributed by atoms with E-state index in [1.54, 1.807) is 36.4 Å². The lowest BCUT2D eigenvalue weighted by Crippen LogP contribution is -2.35. The summed E-state index contributed by atoms with van der Waals surface area (Å²) in [7, 11) is 0. The zero-order chi connectivity index (χ0) is 25.1. The number of anilines is 2. The van der Waals surface area contributed by atoms with Crippen LogP contribution in [0.1, 0.15) is 27.3 Å². The van der Waals surface area contributed by atoms with Gasteiger partial charge in [0.1, 0.15) is 11.6 Å². The van der Waals surface area contributed by atoms with E-state index >= 15 is 0 Å². The summed E-state index contributed by atoms with van der Waals surface area (Å²) >= 11 is 6.38. The molecule has 2 aromatic heterocycles. The minimum atomic E-state index is -0.459. The number of halogens is 1. The fraction of sp³-hybridized carbons (Fsp3) is 0.154. The van der Waals surface area contributed by atoms with Crippen LogP contribution in [-0.2, 0) is 4.74 Å². The molecule has 1 fully saturated rings. The number of pyridine rings is 1. The third kappa shape index (κ3) is 5.07. The Morgan fingerprint density at radius 3 is 2.61 bits per heavy atom. The Morgan fingerprint density at radius 1 is 1.03 bits per heavy atom. The van der Waals surface area contributed by atoms with Crippen molar-refractivity contribution >= 4 is 35.1 Å².